The second-order valence-corrected chi connectivity index (χ2v) is 13.7. The van der Waals surface area contributed by atoms with Gasteiger partial charge in [0.15, 0.2) is 0 Å². The molecule has 42 heavy (non-hydrogen) atoms. The monoisotopic (exact) mass is 583 g/mol. The third-order valence-electron chi connectivity index (χ3n) is 8.40. The van der Waals surface area contributed by atoms with Gasteiger partial charge in [0, 0.05) is 42.2 Å². The van der Waals surface area contributed by atoms with Crippen molar-refractivity contribution >= 4 is 40.3 Å². The molecular formula is C35H38ClN3O3. The van der Waals surface area contributed by atoms with Crippen LogP contribution in [0, 0.1) is 5.92 Å². The van der Waals surface area contributed by atoms with E-state index in [-0.39, 0.29) is 10.8 Å². The number of hydrogen-bond donors (Lipinski definition) is 1. The summed E-state index contributed by atoms with van der Waals surface area (Å²) < 4.78 is 0. The number of para-hydroxylation sites is 1. The Bertz CT molecular complexity index is 1670. The van der Waals surface area contributed by atoms with Crippen molar-refractivity contribution in [2.24, 2.45) is 5.92 Å². The number of nitrogens with one attached hydrogen (secondary N) is 1. The maximum absolute atomic E-state index is 13.6. The van der Waals surface area contributed by atoms with Crippen molar-refractivity contribution in [2.75, 3.05) is 14.1 Å². The summed E-state index contributed by atoms with van der Waals surface area (Å²) in [4.78, 5) is 45.3. The first-order valence-electron chi connectivity index (χ1n) is 14.2. The van der Waals surface area contributed by atoms with E-state index in [4.69, 9.17) is 11.6 Å². The molecule has 1 fully saturated rings. The lowest BCUT2D eigenvalue weighted by Gasteiger charge is -2.37. The predicted octanol–water partition coefficient (Wildman–Crippen LogP) is 7.88. The fourth-order valence-electron chi connectivity index (χ4n) is 5.80. The van der Waals surface area contributed by atoms with Crippen LogP contribution in [-0.2, 0) is 20.4 Å². The van der Waals surface area contributed by atoms with Crippen LogP contribution in [0.4, 0.5) is 4.79 Å². The molecule has 218 valence electrons. The first-order valence-corrected chi connectivity index (χ1v) is 14.6. The lowest BCUT2D eigenvalue weighted by atomic mass is 9.77. The number of fused-ring (bicyclic) bond motifs is 1. The first-order chi connectivity index (χ1) is 19.6. The molecule has 5 rings (SSSR count). The van der Waals surface area contributed by atoms with Gasteiger partial charge in [-0.05, 0) is 44.7 Å². The van der Waals surface area contributed by atoms with Crippen molar-refractivity contribution in [3.05, 3.63) is 94.1 Å². The Morgan fingerprint density at radius 1 is 0.762 bits per heavy atom. The van der Waals surface area contributed by atoms with Crippen LogP contribution in [0.5, 0.6) is 0 Å². The number of H-pyrrole nitrogens is 1. The van der Waals surface area contributed by atoms with Gasteiger partial charge >= 0.3 is 6.03 Å². The molecule has 2 heterocycles. The number of imide groups is 2. The number of carbonyl (C=O) groups is 3. The molecule has 7 heteroatoms. The zero-order chi connectivity index (χ0) is 30.7. The third kappa shape index (κ3) is 5.02. The van der Waals surface area contributed by atoms with E-state index in [1.165, 1.54) is 25.2 Å². The van der Waals surface area contributed by atoms with Crippen molar-refractivity contribution in [1.29, 1.82) is 0 Å². The zero-order valence-corrected chi connectivity index (χ0v) is 26.3. The van der Waals surface area contributed by atoms with Gasteiger partial charge in [0.25, 0.3) is 0 Å². The molecule has 3 aromatic carbocycles. The Morgan fingerprint density at radius 3 is 1.88 bits per heavy atom. The van der Waals surface area contributed by atoms with Crippen LogP contribution in [0.25, 0.3) is 22.0 Å². The topological polar surface area (TPSA) is 73.5 Å². The second kappa shape index (κ2) is 10.4. The molecule has 1 N–H and O–H groups in total. The minimum atomic E-state index is -1.16. The number of aromatic nitrogens is 1. The molecule has 6 nitrogen and oxygen atoms in total. The van der Waals surface area contributed by atoms with E-state index in [1.807, 2.05) is 36.5 Å². The van der Waals surface area contributed by atoms with E-state index < -0.39 is 29.7 Å². The molecule has 4 amide bonds. The number of nitrogens with zero attached hydrogens (tertiary/aromatic N) is 2. The van der Waals surface area contributed by atoms with Crippen LogP contribution >= 0.6 is 11.6 Å². The number of rotatable bonds is 4. The molecule has 0 radical (unpaired) electrons. The van der Waals surface area contributed by atoms with Gasteiger partial charge < -0.3 is 4.98 Å². The molecule has 1 aliphatic rings. The number of hydrogen-bond acceptors (Lipinski definition) is 3. The van der Waals surface area contributed by atoms with Gasteiger partial charge in [-0.3, -0.25) is 19.4 Å². The van der Waals surface area contributed by atoms with Gasteiger partial charge in [-0.1, -0.05) is 108 Å². The Kier molecular flexibility index (Phi) is 7.34. The summed E-state index contributed by atoms with van der Waals surface area (Å²) in [5.41, 5.74) is 6.85. The normalized spacial score (nSPS) is 16.1. The highest BCUT2D eigenvalue weighted by Crippen LogP contribution is 2.44. The number of carbonyl (C=O) groups excluding carboxylic acids is 3. The molecule has 0 aliphatic carbocycles. The average Bonchev–Trinajstić information content (AvgIpc) is 3.36. The van der Waals surface area contributed by atoms with Crippen LogP contribution in [0.1, 0.15) is 69.7 Å². The lowest BCUT2D eigenvalue weighted by molar-refractivity contribution is -0.148. The van der Waals surface area contributed by atoms with E-state index in [2.05, 4.69) is 70.8 Å². The first kappa shape index (κ1) is 29.6. The summed E-state index contributed by atoms with van der Waals surface area (Å²) in [6, 6.07) is 19.5. The van der Waals surface area contributed by atoms with E-state index in [0.717, 1.165) is 37.4 Å². The molecule has 1 aromatic heterocycles. The van der Waals surface area contributed by atoms with Crippen molar-refractivity contribution in [1.82, 2.24) is 14.8 Å². The van der Waals surface area contributed by atoms with E-state index in [1.54, 1.807) is 6.07 Å². The van der Waals surface area contributed by atoms with Crippen molar-refractivity contribution in [3.8, 4) is 11.1 Å². The van der Waals surface area contributed by atoms with Crippen LogP contribution in [0.2, 0.25) is 5.02 Å². The number of aromatic amines is 1. The standard InChI is InChI=1S/C35H38ClN3O3/c1-34(2,3)21-16-20(17-22(18-21)35(4,5)6)23-13-11-14-24-26(19-37-30(23)24)28(25-12-9-10-15-27(25)36)29-31(40)38(7)33(42)39(8)32(29)41/h9-19,28-29,37H,1-8H3. The fraction of sp³-hybridized carbons (Fsp3) is 0.343. The van der Waals surface area contributed by atoms with Gasteiger partial charge in [-0.25, -0.2) is 4.79 Å². The molecule has 1 atom stereocenters. The molecule has 0 saturated carbocycles. The molecular weight excluding hydrogens is 546 g/mol. The summed E-state index contributed by atoms with van der Waals surface area (Å²) in [5.74, 6) is -2.97. The number of urea groups is 1. The zero-order valence-electron chi connectivity index (χ0n) is 25.5. The van der Waals surface area contributed by atoms with E-state index in [9.17, 15) is 14.4 Å². The minimum absolute atomic E-state index is 0.0445. The Labute approximate surface area is 252 Å². The molecule has 1 unspecified atom stereocenters. The summed E-state index contributed by atoms with van der Waals surface area (Å²) in [7, 11) is 2.82. The number of amides is 4. The van der Waals surface area contributed by atoms with Gasteiger partial charge in [0.05, 0.1) is 5.52 Å². The summed E-state index contributed by atoms with van der Waals surface area (Å²) in [6.07, 6.45) is 1.87. The lowest BCUT2D eigenvalue weighted by Crippen LogP contribution is -2.58. The Morgan fingerprint density at radius 2 is 1.33 bits per heavy atom. The van der Waals surface area contributed by atoms with Crippen molar-refractivity contribution in [3.63, 3.8) is 0 Å². The molecule has 1 saturated heterocycles. The predicted molar refractivity (Wildman–Crippen MR) is 169 cm³/mol. The Hall–Kier alpha value is -3.90. The average molecular weight is 584 g/mol. The molecule has 0 bridgehead atoms. The van der Waals surface area contributed by atoms with Crippen LogP contribution in [0.3, 0.4) is 0 Å². The van der Waals surface area contributed by atoms with Crippen LogP contribution in [0.15, 0.2) is 66.9 Å². The van der Waals surface area contributed by atoms with Gasteiger partial charge in [-0.15, -0.1) is 0 Å². The number of benzene rings is 3. The van der Waals surface area contributed by atoms with Gasteiger partial charge in [-0.2, -0.15) is 0 Å². The quantitative estimate of drug-likeness (QED) is 0.248. The maximum Gasteiger partial charge on any atom is 0.332 e. The smallest absolute Gasteiger partial charge is 0.332 e. The second-order valence-electron chi connectivity index (χ2n) is 13.3. The van der Waals surface area contributed by atoms with Gasteiger partial charge in [0.2, 0.25) is 11.8 Å². The van der Waals surface area contributed by atoms with E-state index >= 15 is 0 Å². The van der Waals surface area contributed by atoms with Crippen molar-refractivity contribution in [2.45, 2.75) is 58.3 Å². The number of barbiturate groups is 1. The number of halogens is 1. The Balaban J connectivity index is 1.75. The SMILES string of the molecule is CN1C(=O)C(C(c2ccccc2Cl)c2c[nH]c3c(-c4cc(C(C)(C)C)cc(C(C)(C)C)c4)cccc23)C(=O)N(C)C1=O. The van der Waals surface area contributed by atoms with Gasteiger partial charge in [0.1, 0.15) is 5.92 Å². The molecule has 0 spiro atoms. The third-order valence-corrected chi connectivity index (χ3v) is 8.74. The summed E-state index contributed by atoms with van der Waals surface area (Å²) >= 11 is 6.72. The molecule has 4 aromatic rings. The van der Waals surface area contributed by atoms with Crippen LogP contribution in [-0.4, -0.2) is 46.7 Å². The fourth-order valence-corrected chi connectivity index (χ4v) is 6.05. The summed E-state index contributed by atoms with van der Waals surface area (Å²) in [6.45, 7) is 13.3. The highest BCUT2D eigenvalue weighted by atomic mass is 35.5. The van der Waals surface area contributed by atoms with Crippen molar-refractivity contribution < 1.29 is 14.4 Å². The van der Waals surface area contributed by atoms with Crippen LogP contribution < -0.4 is 0 Å². The molecule has 1 aliphatic heterocycles. The maximum atomic E-state index is 13.6. The minimum Gasteiger partial charge on any atom is -0.360 e. The summed E-state index contributed by atoms with van der Waals surface area (Å²) in [5, 5.41) is 1.34. The van der Waals surface area contributed by atoms with E-state index in [0.29, 0.717) is 10.6 Å². The highest BCUT2D eigenvalue weighted by Gasteiger charge is 2.48. The highest BCUT2D eigenvalue weighted by molar-refractivity contribution is 6.31. The largest absolute Gasteiger partial charge is 0.360 e.